The Morgan fingerprint density at radius 3 is 2.61 bits per heavy atom. The highest BCUT2D eigenvalue weighted by Crippen LogP contribution is 2.47. The predicted octanol–water partition coefficient (Wildman–Crippen LogP) is 2.23. The summed E-state index contributed by atoms with van der Waals surface area (Å²) in [7, 11) is 0. The van der Waals surface area contributed by atoms with E-state index >= 15 is 0 Å². The van der Waals surface area contributed by atoms with E-state index in [0.29, 0.717) is 24.8 Å². The number of alkyl halides is 1. The number of carbonyl (C=O) groups is 2. The molecule has 0 aromatic heterocycles. The van der Waals surface area contributed by atoms with Gasteiger partial charge in [0.05, 0.1) is 6.04 Å². The van der Waals surface area contributed by atoms with E-state index in [4.69, 9.17) is 0 Å². The second-order valence-corrected chi connectivity index (χ2v) is 11.1. The monoisotopic (exact) mass is 434 g/mol. The second kappa shape index (κ2) is 8.29. The molecule has 3 saturated carbocycles. The summed E-state index contributed by atoms with van der Waals surface area (Å²) in [5.74, 6) is 0.694. The number of fused-ring (bicyclic) bond motifs is 1. The van der Waals surface area contributed by atoms with E-state index in [1.165, 1.54) is 19.3 Å². The average Bonchev–Trinajstić information content (AvgIpc) is 3.34. The fraction of sp³-hybridized carbons (Fsp3) is 0.917. The highest BCUT2D eigenvalue weighted by atomic mass is 19.1. The van der Waals surface area contributed by atoms with Crippen LogP contribution >= 0.6 is 0 Å². The zero-order valence-electron chi connectivity index (χ0n) is 19.1. The molecular weight excluding hydrogens is 395 g/mol. The quantitative estimate of drug-likeness (QED) is 0.715. The Kier molecular flexibility index (Phi) is 5.78. The van der Waals surface area contributed by atoms with Crippen LogP contribution in [0.25, 0.3) is 0 Å². The Morgan fingerprint density at radius 2 is 1.90 bits per heavy atom. The Hall–Kier alpha value is -1.21. The summed E-state index contributed by atoms with van der Waals surface area (Å²) >= 11 is 0. The van der Waals surface area contributed by atoms with Crippen LogP contribution in [0.1, 0.15) is 71.6 Å². The summed E-state index contributed by atoms with van der Waals surface area (Å²) in [6, 6.07) is 0.592. The minimum Gasteiger partial charge on any atom is -0.352 e. The highest BCUT2D eigenvalue weighted by Gasteiger charge is 2.54. The molecular formula is C24H39FN4O2. The molecule has 6 nitrogen and oxygen atoms in total. The molecule has 2 heterocycles. The van der Waals surface area contributed by atoms with Crippen LogP contribution in [-0.4, -0.2) is 77.1 Å². The van der Waals surface area contributed by atoms with Gasteiger partial charge in [-0.05, 0) is 63.7 Å². The van der Waals surface area contributed by atoms with E-state index in [2.05, 4.69) is 22.5 Å². The summed E-state index contributed by atoms with van der Waals surface area (Å²) in [6.45, 7) is 6.50. The number of piperazine rings is 1. The standard InChI is InChI=1S/C24H39FN4O2/c1-15-6-7-20(25)19-13-21(27-22(15)19)23(31)26-17-4-3-5-18(12-17)29-11-10-28(16(2)30)14-24(29)8-9-24/h15,17-22,27H,3-14H2,1-2H3,(H,26,31)/t15?,17-,18-,19?,20?,21?,22?/m1/s1. The average molecular weight is 435 g/mol. The van der Waals surface area contributed by atoms with Crippen molar-refractivity contribution in [2.24, 2.45) is 11.8 Å². The molecule has 7 atom stereocenters. The van der Waals surface area contributed by atoms with Gasteiger partial charge in [0.1, 0.15) is 6.17 Å². The summed E-state index contributed by atoms with van der Waals surface area (Å²) in [4.78, 5) is 29.6. The van der Waals surface area contributed by atoms with Crippen LogP contribution in [0.5, 0.6) is 0 Å². The normalized spacial score (nSPS) is 42.3. The lowest BCUT2D eigenvalue weighted by Crippen LogP contribution is -2.60. The largest absolute Gasteiger partial charge is 0.352 e. The zero-order valence-corrected chi connectivity index (χ0v) is 19.1. The van der Waals surface area contributed by atoms with Crippen LogP contribution in [0.15, 0.2) is 0 Å². The Morgan fingerprint density at radius 1 is 1.10 bits per heavy atom. The molecule has 7 heteroatoms. The molecule has 2 amide bonds. The van der Waals surface area contributed by atoms with Crippen molar-refractivity contribution in [2.45, 2.75) is 108 Å². The molecule has 174 valence electrons. The van der Waals surface area contributed by atoms with Gasteiger partial charge < -0.3 is 15.5 Å². The molecule has 2 N–H and O–H groups in total. The fourth-order valence-electron chi connectivity index (χ4n) is 7.10. The molecule has 1 spiro atoms. The third-order valence-electron chi connectivity index (χ3n) is 9.07. The number of carbonyl (C=O) groups excluding carboxylic acids is 2. The number of amides is 2. The third kappa shape index (κ3) is 4.12. The van der Waals surface area contributed by atoms with Gasteiger partial charge in [-0.3, -0.25) is 14.5 Å². The first-order valence-corrected chi connectivity index (χ1v) is 12.6. The van der Waals surface area contributed by atoms with Crippen molar-refractivity contribution in [3.05, 3.63) is 0 Å². The molecule has 0 bridgehead atoms. The third-order valence-corrected chi connectivity index (χ3v) is 9.07. The number of rotatable bonds is 3. The number of hydrogen-bond acceptors (Lipinski definition) is 4. The molecule has 3 aliphatic carbocycles. The Bertz CT molecular complexity index is 696. The van der Waals surface area contributed by atoms with E-state index < -0.39 is 6.17 Å². The van der Waals surface area contributed by atoms with E-state index in [9.17, 15) is 14.0 Å². The van der Waals surface area contributed by atoms with Gasteiger partial charge in [0, 0.05) is 56.1 Å². The molecule has 31 heavy (non-hydrogen) atoms. The molecule has 5 fully saturated rings. The van der Waals surface area contributed by atoms with Crippen LogP contribution in [0.2, 0.25) is 0 Å². The van der Waals surface area contributed by atoms with Crippen molar-refractivity contribution in [1.29, 1.82) is 0 Å². The minimum atomic E-state index is -0.769. The first kappa shape index (κ1) is 21.6. The van der Waals surface area contributed by atoms with Gasteiger partial charge in [0.2, 0.25) is 11.8 Å². The molecule has 2 saturated heterocycles. The topological polar surface area (TPSA) is 64.7 Å². The van der Waals surface area contributed by atoms with E-state index in [0.717, 1.165) is 45.3 Å². The molecule has 0 aromatic carbocycles. The fourth-order valence-corrected chi connectivity index (χ4v) is 7.10. The smallest absolute Gasteiger partial charge is 0.237 e. The number of halogens is 1. The van der Waals surface area contributed by atoms with Crippen LogP contribution < -0.4 is 10.6 Å². The van der Waals surface area contributed by atoms with Crippen LogP contribution in [0.4, 0.5) is 4.39 Å². The van der Waals surface area contributed by atoms with Gasteiger partial charge in [-0.15, -0.1) is 0 Å². The molecule has 0 radical (unpaired) electrons. The summed E-state index contributed by atoms with van der Waals surface area (Å²) in [6.07, 6.45) is 8.12. The second-order valence-electron chi connectivity index (χ2n) is 11.1. The van der Waals surface area contributed by atoms with Crippen LogP contribution in [0.3, 0.4) is 0 Å². The van der Waals surface area contributed by atoms with Gasteiger partial charge in [-0.25, -0.2) is 4.39 Å². The number of nitrogens with one attached hydrogen (secondary N) is 2. The SMILES string of the molecule is CC(=O)N1CCN([C@@H]2CCC[C@@H](NC(=O)C3CC4C(F)CCC(C)C4N3)C2)C2(CC2)C1. The number of hydrogen-bond donors (Lipinski definition) is 2. The lowest BCUT2D eigenvalue weighted by molar-refractivity contribution is -0.133. The minimum absolute atomic E-state index is 0.00843. The van der Waals surface area contributed by atoms with Crippen molar-refractivity contribution < 1.29 is 14.0 Å². The highest BCUT2D eigenvalue weighted by molar-refractivity contribution is 5.82. The first-order valence-electron chi connectivity index (χ1n) is 12.6. The van der Waals surface area contributed by atoms with Crippen molar-refractivity contribution in [1.82, 2.24) is 20.4 Å². The van der Waals surface area contributed by atoms with Gasteiger partial charge in [-0.2, -0.15) is 0 Å². The van der Waals surface area contributed by atoms with Crippen molar-refractivity contribution in [2.75, 3.05) is 19.6 Å². The Labute approximate surface area is 185 Å². The Balaban J connectivity index is 1.17. The lowest BCUT2D eigenvalue weighted by atomic mass is 9.77. The lowest BCUT2D eigenvalue weighted by Gasteiger charge is -2.48. The maximum Gasteiger partial charge on any atom is 0.237 e. The number of nitrogens with zero attached hydrogens (tertiary/aromatic N) is 2. The summed E-state index contributed by atoms with van der Waals surface area (Å²) < 4.78 is 14.4. The maximum atomic E-state index is 14.4. The van der Waals surface area contributed by atoms with Gasteiger partial charge in [0.25, 0.3) is 0 Å². The van der Waals surface area contributed by atoms with Gasteiger partial charge in [0.15, 0.2) is 0 Å². The van der Waals surface area contributed by atoms with Crippen LogP contribution in [0, 0.1) is 11.8 Å². The zero-order chi connectivity index (χ0) is 21.8. The summed E-state index contributed by atoms with van der Waals surface area (Å²) in [5.41, 5.74) is 0.190. The molecule has 5 aliphatic rings. The van der Waals surface area contributed by atoms with Crippen molar-refractivity contribution >= 4 is 11.8 Å². The van der Waals surface area contributed by atoms with E-state index in [1.54, 1.807) is 6.92 Å². The van der Waals surface area contributed by atoms with Crippen molar-refractivity contribution in [3.8, 4) is 0 Å². The maximum absolute atomic E-state index is 14.4. The molecule has 5 unspecified atom stereocenters. The van der Waals surface area contributed by atoms with E-state index in [-0.39, 0.29) is 41.4 Å². The van der Waals surface area contributed by atoms with Gasteiger partial charge >= 0.3 is 0 Å². The molecule has 5 rings (SSSR count). The van der Waals surface area contributed by atoms with Crippen molar-refractivity contribution in [3.63, 3.8) is 0 Å². The molecule has 2 aliphatic heterocycles. The van der Waals surface area contributed by atoms with Gasteiger partial charge in [-0.1, -0.05) is 6.92 Å². The predicted molar refractivity (Wildman–Crippen MR) is 117 cm³/mol. The first-order chi connectivity index (χ1) is 14.9. The molecule has 0 aromatic rings. The summed E-state index contributed by atoms with van der Waals surface area (Å²) in [5, 5.41) is 6.80. The van der Waals surface area contributed by atoms with E-state index in [1.807, 2.05) is 4.90 Å². The van der Waals surface area contributed by atoms with Crippen LogP contribution in [-0.2, 0) is 9.59 Å².